The summed E-state index contributed by atoms with van der Waals surface area (Å²) in [4.78, 5) is 34.9. The molecule has 0 saturated heterocycles. The van der Waals surface area contributed by atoms with E-state index in [9.17, 15) is 14.4 Å². The normalized spacial score (nSPS) is 11.4. The number of carbonyl (C=O) groups is 3. The molecular formula is C12H21N3O4. The van der Waals surface area contributed by atoms with Gasteiger partial charge in [-0.1, -0.05) is 19.4 Å². The smallest absolute Gasteiger partial charge is 0.326 e. The molecule has 0 spiro atoms. The molecule has 0 bridgehead atoms. The number of unbranched alkanes of at least 4 members (excludes halogenated alkanes) is 1. The predicted molar refractivity (Wildman–Crippen MR) is 70.4 cm³/mol. The average Bonchev–Trinajstić information content (AvgIpc) is 2.33. The minimum absolute atomic E-state index is 0.110. The quantitative estimate of drug-likeness (QED) is 0.524. The fraction of sp³-hybridized carbons (Fsp3) is 0.583. The number of aliphatic carboxylic acids is 1. The molecule has 0 aliphatic rings. The highest BCUT2D eigenvalue weighted by Crippen LogP contribution is 1.99. The highest BCUT2D eigenvalue weighted by molar-refractivity contribution is 5.86. The molecule has 19 heavy (non-hydrogen) atoms. The number of amides is 3. The summed E-state index contributed by atoms with van der Waals surface area (Å²) in [6.07, 6.45) is 3.07. The van der Waals surface area contributed by atoms with Crippen LogP contribution in [-0.4, -0.2) is 47.0 Å². The number of carbonyl (C=O) groups excluding carboxylic acids is 2. The maximum atomic E-state index is 11.9. The summed E-state index contributed by atoms with van der Waals surface area (Å²) in [5.41, 5.74) is 5.06. The van der Waals surface area contributed by atoms with Crippen molar-refractivity contribution in [3.8, 4) is 0 Å². The lowest BCUT2D eigenvalue weighted by atomic mass is 10.2. The van der Waals surface area contributed by atoms with Crippen LogP contribution in [0.25, 0.3) is 0 Å². The standard InChI is InChI=1S/C12H21N3O4/c1-3-5-7-15(8-10(13)16)12(19)14-9(6-4-2)11(17)18/h4,9H,2-3,5-8H2,1H3,(H2,13,16)(H,14,19)(H,17,18). The average molecular weight is 271 g/mol. The number of nitrogens with zero attached hydrogens (tertiary/aromatic N) is 1. The molecule has 0 aromatic heterocycles. The SMILES string of the molecule is C=CCC(NC(=O)N(CCCC)CC(N)=O)C(=O)O. The molecule has 0 aromatic rings. The van der Waals surface area contributed by atoms with E-state index in [4.69, 9.17) is 10.8 Å². The Balaban J connectivity index is 4.62. The van der Waals surface area contributed by atoms with Crippen LogP contribution in [0.15, 0.2) is 12.7 Å². The van der Waals surface area contributed by atoms with Crippen molar-refractivity contribution in [3.05, 3.63) is 12.7 Å². The third kappa shape index (κ3) is 7.07. The molecule has 3 amide bonds. The van der Waals surface area contributed by atoms with Gasteiger partial charge in [-0.3, -0.25) is 4.79 Å². The third-order valence-corrected chi connectivity index (χ3v) is 2.41. The van der Waals surface area contributed by atoms with Gasteiger partial charge in [-0.25, -0.2) is 9.59 Å². The number of nitrogens with one attached hydrogen (secondary N) is 1. The van der Waals surface area contributed by atoms with Crippen LogP contribution in [0.2, 0.25) is 0 Å². The summed E-state index contributed by atoms with van der Waals surface area (Å²) in [6.45, 7) is 5.50. The highest BCUT2D eigenvalue weighted by Gasteiger charge is 2.22. The van der Waals surface area contributed by atoms with Gasteiger partial charge in [0.05, 0.1) is 0 Å². The van der Waals surface area contributed by atoms with E-state index in [1.807, 2.05) is 6.92 Å². The number of primary amides is 1. The Morgan fingerprint density at radius 3 is 2.53 bits per heavy atom. The minimum Gasteiger partial charge on any atom is -0.480 e. The fourth-order valence-corrected chi connectivity index (χ4v) is 1.42. The number of rotatable bonds is 9. The Morgan fingerprint density at radius 2 is 2.11 bits per heavy atom. The van der Waals surface area contributed by atoms with E-state index >= 15 is 0 Å². The van der Waals surface area contributed by atoms with Gasteiger partial charge >= 0.3 is 12.0 Å². The molecule has 7 nitrogen and oxygen atoms in total. The van der Waals surface area contributed by atoms with Gasteiger partial charge < -0.3 is 21.1 Å². The number of carboxylic acids is 1. The van der Waals surface area contributed by atoms with Crippen LogP contribution >= 0.6 is 0 Å². The van der Waals surface area contributed by atoms with E-state index in [2.05, 4.69) is 11.9 Å². The van der Waals surface area contributed by atoms with Gasteiger partial charge in [0, 0.05) is 6.54 Å². The number of hydrogen-bond acceptors (Lipinski definition) is 3. The first-order chi connectivity index (χ1) is 8.92. The Kier molecular flexibility index (Phi) is 7.99. The Bertz CT molecular complexity index is 344. The lowest BCUT2D eigenvalue weighted by Crippen LogP contribution is -2.50. The molecule has 108 valence electrons. The molecule has 0 radical (unpaired) electrons. The van der Waals surface area contributed by atoms with Crippen LogP contribution in [0.3, 0.4) is 0 Å². The summed E-state index contributed by atoms with van der Waals surface area (Å²) in [5, 5.41) is 11.3. The van der Waals surface area contributed by atoms with Crippen molar-refractivity contribution in [3.63, 3.8) is 0 Å². The summed E-state index contributed by atoms with van der Waals surface area (Å²) >= 11 is 0. The molecular weight excluding hydrogens is 250 g/mol. The van der Waals surface area contributed by atoms with Crippen molar-refractivity contribution in [2.24, 2.45) is 5.73 Å². The van der Waals surface area contributed by atoms with Crippen molar-refractivity contribution < 1.29 is 19.5 Å². The van der Waals surface area contributed by atoms with Crippen LogP contribution in [0, 0.1) is 0 Å². The fourth-order valence-electron chi connectivity index (χ4n) is 1.42. The van der Waals surface area contributed by atoms with E-state index in [0.29, 0.717) is 13.0 Å². The van der Waals surface area contributed by atoms with Crippen molar-refractivity contribution in [2.75, 3.05) is 13.1 Å². The van der Waals surface area contributed by atoms with Crippen LogP contribution in [0.1, 0.15) is 26.2 Å². The first-order valence-electron chi connectivity index (χ1n) is 6.09. The van der Waals surface area contributed by atoms with Gasteiger partial charge in [0.2, 0.25) is 5.91 Å². The second-order valence-corrected chi connectivity index (χ2v) is 4.11. The topological polar surface area (TPSA) is 113 Å². The van der Waals surface area contributed by atoms with E-state index in [0.717, 1.165) is 6.42 Å². The van der Waals surface area contributed by atoms with Crippen molar-refractivity contribution in [2.45, 2.75) is 32.2 Å². The summed E-state index contributed by atoms with van der Waals surface area (Å²) < 4.78 is 0. The monoisotopic (exact) mass is 271 g/mol. The number of urea groups is 1. The maximum absolute atomic E-state index is 11.9. The van der Waals surface area contributed by atoms with Crippen molar-refractivity contribution >= 4 is 17.9 Å². The third-order valence-electron chi connectivity index (χ3n) is 2.41. The molecule has 7 heteroatoms. The molecule has 0 fully saturated rings. The molecule has 1 unspecified atom stereocenters. The van der Waals surface area contributed by atoms with Gasteiger partial charge in [-0.15, -0.1) is 6.58 Å². The Morgan fingerprint density at radius 1 is 1.47 bits per heavy atom. The second kappa shape index (κ2) is 8.96. The molecule has 0 heterocycles. The highest BCUT2D eigenvalue weighted by atomic mass is 16.4. The Labute approximate surface area is 112 Å². The molecule has 1 atom stereocenters. The zero-order chi connectivity index (χ0) is 14.8. The summed E-state index contributed by atoms with van der Waals surface area (Å²) in [7, 11) is 0. The predicted octanol–water partition coefficient (Wildman–Crippen LogP) is 0.313. The maximum Gasteiger partial charge on any atom is 0.326 e. The zero-order valence-corrected chi connectivity index (χ0v) is 11.1. The van der Waals surface area contributed by atoms with Crippen LogP contribution in [0.5, 0.6) is 0 Å². The number of nitrogens with two attached hydrogens (primary N) is 1. The molecule has 0 saturated carbocycles. The first kappa shape index (κ1) is 16.9. The molecule has 0 aromatic carbocycles. The Hall–Kier alpha value is -2.05. The van der Waals surface area contributed by atoms with E-state index < -0.39 is 23.9 Å². The largest absolute Gasteiger partial charge is 0.480 e. The summed E-state index contributed by atoms with van der Waals surface area (Å²) in [6, 6.07) is -1.66. The van der Waals surface area contributed by atoms with E-state index in [-0.39, 0.29) is 13.0 Å². The van der Waals surface area contributed by atoms with Gasteiger partial charge in [-0.05, 0) is 12.8 Å². The zero-order valence-electron chi connectivity index (χ0n) is 11.1. The van der Waals surface area contributed by atoms with Gasteiger partial charge in [-0.2, -0.15) is 0 Å². The lowest BCUT2D eigenvalue weighted by Gasteiger charge is -2.23. The van der Waals surface area contributed by atoms with Gasteiger partial charge in [0.25, 0.3) is 0 Å². The van der Waals surface area contributed by atoms with E-state index in [1.165, 1.54) is 11.0 Å². The molecule has 0 rings (SSSR count). The molecule has 0 aliphatic carbocycles. The van der Waals surface area contributed by atoms with Gasteiger partial charge in [0.15, 0.2) is 0 Å². The molecule has 4 N–H and O–H groups in total. The minimum atomic E-state index is -1.15. The van der Waals surface area contributed by atoms with Crippen LogP contribution < -0.4 is 11.1 Å². The number of hydrogen-bond donors (Lipinski definition) is 3. The first-order valence-corrected chi connectivity index (χ1v) is 6.09. The molecule has 0 aliphatic heterocycles. The summed E-state index contributed by atoms with van der Waals surface area (Å²) in [5.74, 6) is -1.79. The van der Waals surface area contributed by atoms with E-state index in [1.54, 1.807) is 0 Å². The second-order valence-electron chi connectivity index (χ2n) is 4.11. The van der Waals surface area contributed by atoms with Crippen molar-refractivity contribution in [1.82, 2.24) is 10.2 Å². The number of carboxylic acid groups (broad SMARTS) is 1. The van der Waals surface area contributed by atoms with Crippen LogP contribution in [-0.2, 0) is 9.59 Å². The van der Waals surface area contributed by atoms with Gasteiger partial charge in [0.1, 0.15) is 12.6 Å². The van der Waals surface area contributed by atoms with Crippen LogP contribution in [0.4, 0.5) is 4.79 Å². The lowest BCUT2D eigenvalue weighted by molar-refractivity contribution is -0.139. The van der Waals surface area contributed by atoms with Crippen molar-refractivity contribution in [1.29, 1.82) is 0 Å².